The molecule has 2 rings (SSSR count). The zero-order valence-electron chi connectivity index (χ0n) is 8.82. The monoisotopic (exact) mass is 279 g/mol. The second-order valence-electron chi connectivity index (χ2n) is 3.70. The fourth-order valence-electron chi connectivity index (χ4n) is 1.77. The van der Waals surface area contributed by atoms with Gasteiger partial charge in [-0.3, -0.25) is 4.21 Å². The van der Waals surface area contributed by atoms with Gasteiger partial charge in [-0.2, -0.15) is 0 Å². The van der Waals surface area contributed by atoms with Gasteiger partial charge in [-0.15, -0.1) is 12.4 Å². The molecule has 0 radical (unpaired) electrons. The van der Waals surface area contributed by atoms with Crippen molar-refractivity contribution in [3.05, 3.63) is 29.3 Å². The fraction of sp³-hybridized carbons (Fsp3) is 0.455. The Morgan fingerprint density at radius 1 is 1.19 bits per heavy atom. The van der Waals surface area contributed by atoms with Gasteiger partial charge in [-0.1, -0.05) is 11.6 Å². The average Bonchev–Trinajstić information content (AvgIpc) is 2.30. The summed E-state index contributed by atoms with van der Waals surface area (Å²) >= 11 is 5.79. The van der Waals surface area contributed by atoms with E-state index in [1.165, 1.54) is 0 Å². The van der Waals surface area contributed by atoms with Gasteiger partial charge in [-0.25, -0.2) is 0 Å². The van der Waals surface area contributed by atoms with Crippen LogP contribution in [0.4, 0.5) is 0 Å². The van der Waals surface area contributed by atoms with Crippen molar-refractivity contribution in [1.82, 2.24) is 5.32 Å². The summed E-state index contributed by atoms with van der Waals surface area (Å²) < 4.78 is 12.2. The molecule has 1 fully saturated rings. The summed E-state index contributed by atoms with van der Waals surface area (Å²) in [5, 5.41) is 4.27. The molecule has 0 amide bonds. The van der Waals surface area contributed by atoms with E-state index in [4.69, 9.17) is 11.6 Å². The molecule has 1 unspecified atom stereocenters. The molecule has 1 aliphatic rings. The highest BCUT2D eigenvalue weighted by Gasteiger charge is 2.20. The predicted octanol–water partition coefficient (Wildman–Crippen LogP) is 2.62. The van der Waals surface area contributed by atoms with Crippen LogP contribution in [0.1, 0.15) is 12.8 Å². The van der Waals surface area contributed by atoms with Crippen LogP contribution in [0.2, 0.25) is 5.02 Å². The molecule has 0 spiro atoms. The molecule has 2 nitrogen and oxygen atoms in total. The minimum absolute atomic E-state index is 0. The van der Waals surface area contributed by atoms with Crippen molar-refractivity contribution < 1.29 is 4.21 Å². The molecule has 5 heteroatoms. The number of hydrogen-bond donors (Lipinski definition) is 1. The van der Waals surface area contributed by atoms with E-state index in [2.05, 4.69) is 5.32 Å². The lowest BCUT2D eigenvalue weighted by Crippen LogP contribution is -2.33. The van der Waals surface area contributed by atoms with E-state index in [1.807, 2.05) is 12.1 Å². The molecule has 0 aliphatic carbocycles. The van der Waals surface area contributed by atoms with Crippen molar-refractivity contribution in [1.29, 1.82) is 0 Å². The van der Waals surface area contributed by atoms with Crippen LogP contribution in [0.3, 0.4) is 0 Å². The Bertz CT molecular complexity index is 350. The molecule has 1 N–H and O–H groups in total. The zero-order valence-corrected chi connectivity index (χ0v) is 11.2. The Morgan fingerprint density at radius 2 is 1.75 bits per heavy atom. The molecule has 0 saturated carbocycles. The summed E-state index contributed by atoms with van der Waals surface area (Å²) in [6, 6.07) is 7.33. The van der Waals surface area contributed by atoms with Gasteiger partial charge in [0, 0.05) is 15.2 Å². The number of benzene rings is 1. The summed E-state index contributed by atoms with van der Waals surface area (Å²) in [5.41, 5.74) is 0. The molecule has 1 heterocycles. The van der Waals surface area contributed by atoms with Crippen LogP contribution in [0.15, 0.2) is 29.2 Å². The first-order chi connectivity index (χ1) is 7.27. The summed E-state index contributed by atoms with van der Waals surface area (Å²) in [7, 11) is -0.877. The Kier molecular flexibility index (Phi) is 5.76. The van der Waals surface area contributed by atoms with E-state index in [0.29, 0.717) is 10.3 Å². The van der Waals surface area contributed by atoms with Gasteiger partial charge in [-0.05, 0) is 50.2 Å². The van der Waals surface area contributed by atoms with Gasteiger partial charge < -0.3 is 5.32 Å². The van der Waals surface area contributed by atoms with E-state index in [9.17, 15) is 4.21 Å². The smallest absolute Gasteiger partial charge is 0.0561 e. The summed E-state index contributed by atoms with van der Waals surface area (Å²) in [5.74, 6) is 0. The minimum Gasteiger partial charge on any atom is -0.317 e. The Morgan fingerprint density at radius 3 is 2.31 bits per heavy atom. The van der Waals surface area contributed by atoms with Crippen molar-refractivity contribution in [3.63, 3.8) is 0 Å². The number of hydrogen-bond acceptors (Lipinski definition) is 2. The standard InChI is InChI=1S/C11H14ClNOS.ClH/c12-9-1-3-10(4-2-9)15(14)11-5-7-13-8-6-11;/h1-4,11,13H,5-8H2;1H. The molecule has 1 aromatic rings. The maximum atomic E-state index is 12.2. The van der Waals surface area contributed by atoms with Crippen LogP contribution >= 0.6 is 24.0 Å². The van der Waals surface area contributed by atoms with Crippen LogP contribution < -0.4 is 5.32 Å². The van der Waals surface area contributed by atoms with Crippen LogP contribution in [-0.4, -0.2) is 22.5 Å². The van der Waals surface area contributed by atoms with Gasteiger partial charge >= 0.3 is 0 Å². The summed E-state index contributed by atoms with van der Waals surface area (Å²) in [4.78, 5) is 0.895. The molecule has 0 aromatic heterocycles. The van der Waals surface area contributed by atoms with E-state index in [1.54, 1.807) is 12.1 Å². The van der Waals surface area contributed by atoms with Gasteiger partial charge in [0.2, 0.25) is 0 Å². The molecule has 1 saturated heterocycles. The minimum atomic E-state index is -0.877. The topological polar surface area (TPSA) is 29.1 Å². The maximum Gasteiger partial charge on any atom is 0.0561 e. The van der Waals surface area contributed by atoms with Gasteiger partial charge in [0.05, 0.1) is 10.8 Å². The lowest BCUT2D eigenvalue weighted by atomic mass is 10.2. The van der Waals surface area contributed by atoms with E-state index >= 15 is 0 Å². The lowest BCUT2D eigenvalue weighted by molar-refractivity contribution is 0.519. The molecule has 0 bridgehead atoms. The third kappa shape index (κ3) is 3.45. The van der Waals surface area contributed by atoms with Gasteiger partial charge in [0.15, 0.2) is 0 Å². The van der Waals surface area contributed by atoms with E-state index < -0.39 is 10.8 Å². The first kappa shape index (κ1) is 14.0. The van der Waals surface area contributed by atoms with Crippen molar-refractivity contribution in [2.45, 2.75) is 23.0 Å². The van der Waals surface area contributed by atoms with Gasteiger partial charge in [0.25, 0.3) is 0 Å². The highest BCUT2D eigenvalue weighted by atomic mass is 35.5. The van der Waals surface area contributed by atoms with E-state index in [-0.39, 0.29) is 12.4 Å². The lowest BCUT2D eigenvalue weighted by Gasteiger charge is -2.21. The largest absolute Gasteiger partial charge is 0.317 e. The summed E-state index contributed by atoms with van der Waals surface area (Å²) in [6.45, 7) is 1.95. The molecular weight excluding hydrogens is 265 g/mol. The number of rotatable bonds is 2. The van der Waals surface area contributed by atoms with Gasteiger partial charge in [0.1, 0.15) is 0 Å². The number of nitrogens with one attached hydrogen (secondary N) is 1. The zero-order chi connectivity index (χ0) is 10.7. The van der Waals surface area contributed by atoms with Crippen molar-refractivity contribution >= 4 is 34.8 Å². The number of halogens is 2. The highest BCUT2D eigenvalue weighted by molar-refractivity contribution is 7.85. The van der Waals surface area contributed by atoms with Crippen LogP contribution in [0.25, 0.3) is 0 Å². The van der Waals surface area contributed by atoms with Crippen molar-refractivity contribution in [2.24, 2.45) is 0 Å². The number of piperidine rings is 1. The molecule has 1 aromatic carbocycles. The third-order valence-electron chi connectivity index (χ3n) is 2.63. The molecule has 1 aliphatic heterocycles. The highest BCUT2D eigenvalue weighted by Crippen LogP contribution is 2.19. The second-order valence-corrected chi connectivity index (χ2v) is 5.87. The normalized spacial score (nSPS) is 18.8. The molecule has 16 heavy (non-hydrogen) atoms. The summed E-state index contributed by atoms with van der Waals surface area (Å²) in [6.07, 6.45) is 1.99. The molecular formula is C11H15Cl2NOS. The Hall–Kier alpha value is -0.0900. The van der Waals surface area contributed by atoms with Crippen LogP contribution in [0.5, 0.6) is 0 Å². The molecule has 90 valence electrons. The van der Waals surface area contributed by atoms with Crippen molar-refractivity contribution in [3.8, 4) is 0 Å². The van der Waals surface area contributed by atoms with Crippen LogP contribution in [-0.2, 0) is 10.8 Å². The Balaban J connectivity index is 0.00000128. The third-order valence-corrected chi connectivity index (χ3v) is 4.70. The Labute approximate surface area is 110 Å². The van der Waals surface area contributed by atoms with Crippen LogP contribution in [0, 0.1) is 0 Å². The average molecular weight is 280 g/mol. The first-order valence-electron chi connectivity index (χ1n) is 5.14. The maximum absolute atomic E-state index is 12.2. The van der Waals surface area contributed by atoms with E-state index in [0.717, 1.165) is 30.8 Å². The molecule has 1 atom stereocenters. The fourth-order valence-corrected chi connectivity index (χ4v) is 3.35. The van der Waals surface area contributed by atoms with Crippen molar-refractivity contribution in [2.75, 3.05) is 13.1 Å². The SMILES string of the molecule is Cl.O=S(c1ccc(Cl)cc1)C1CCNCC1. The predicted molar refractivity (Wildman–Crippen MR) is 71.0 cm³/mol. The second kappa shape index (κ2) is 6.60. The first-order valence-corrected chi connectivity index (χ1v) is 6.73. The quantitative estimate of drug-likeness (QED) is 0.902.